The first-order chi connectivity index (χ1) is 8.66. The highest BCUT2D eigenvalue weighted by molar-refractivity contribution is 5.82. The van der Waals surface area contributed by atoms with Crippen LogP contribution in [0.1, 0.15) is 18.4 Å². The zero-order valence-corrected chi connectivity index (χ0v) is 10.6. The summed E-state index contributed by atoms with van der Waals surface area (Å²) in [4.78, 5) is 14.0. The number of hydrogen-bond acceptors (Lipinski definition) is 3. The molecule has 1 amide bonds. The van der Waals surface area contributed by atoms with Gasteiger partial charge in [-0.25, -0.2) is 0 Å². The number of nitrogens with zero attached hydrogens (tertiary/aromatic N) is 1. The van der Waals surface area contributed by atoms with Crippen LogP contribution in [0.4, 0.5) is 0 Å². The Labute approximate surface area is 108 Å². The molecule has 2 rings (SSSR count). The normalized spacial score (nSPS) is 21.7. The van der Waals surface area contributed by atoms with E-state index < -0.39 is 6.04 Å². The summed E-state index contributed by atoms with van der Waals surface area (Å²) in [5, 5.41) is 0. The molecule has 4 nitrogen and oxygen atoms in total. The van der Waals surface area contributed by atoms with Gasteiger partial charge in [-0.3, -0.25) is 4.79 Å². The zero-order chi connectivity index (χ0) is 13.0. The molecule has 0 bridgehead atoms. The molecule has 4 N–H and O–H groups in total. The van der Waals surface area contributed by atoms with Crippen molar-refractivity contribution in [1.29, 1.82) is 0 Å². The molecule has 1 fully saturated rings. The van der Waals surface area contributed by atoms with Gasteiger partial charge >= 0.3 is 0 Å². The summed E-state index contributed by atoms with van der Waals surface area (Å²) in [5.41, 5.74) is 13.0. The monoisotopic (exact) mass is 247 g/mol. The maximum Gasteiger partial charge on any atom is 0.239 e. The molecule has 18 heavy (non-hydrogen) atoms. The number of rotatable bonds is 3. The number of amides is 1. The van der Waals surface area contributed by atoms with Crippen molar-refractivity contribution in [2.24, 2.45) is 11.5 Å². The Morgan fingerprint density at radius 3 is 2.78 bits per heavy atom. The van der Waals surface area contributed by atoms with Crippen LogP contribution < -0.4 is 11.5 Å². The Morgan fingerprint density at radius 2 is 2.11 bits per heavy atom. The molecule has 0 saturated carbocycles. The van der Waals surface area contributed by atoms with Crippen LogP contribution in [0.15, 0.2) is 30.3 Å². The van der Waals surface area contributed by atoms with Gasteiger partial charge in [0.25, 0.3) is 0 Å². The predicted molar refractivity (Wildman–Crippen MR) is 71.9 cm³/mol. The van der Waals surface area contributed by atoms with Gasteiger partial charge in [-0.15, -0.1) is 0 Å². The van der Waals surface area contributed by atoms with Crippen molar-refractivity contribution >= 4 is 5.91 Å². The van der Waals surface area contributed by atoms with Crippen LogP contribution >= 0.6 is 0 Å². The summed E-state index contributed by atoms with van der Waals surface area (Å²) in [6.07, 6.45) is 2.56. The number of nitrogens with two attached hydrogens (primary N) is 2. The first-order valence-electron chi connectivity index (χ1n) is 6.50. The average molecular weight is 247 g/mol. The number of likely N-dealkylation sites (tertiary alicyclic amines) is 1. The van der Waals surface area contributed by atoms with E-state index in [9.17, 15) is 4.79 Å². The van der Waals surface area contributed by atoms with Crippen LogP contribution in [0.2, 0.25) is 0 Å². The van der Waals surface area contributed by atoms with Crippen LogP contribution in [0, 0.1) is 0 Å². The van der Waals surface area contributed by atoms with Crippen molar-refractivity contribution in [2.45, 2.75) is 31.3 Å². The molecule has 0 aliphatic carbocycles. The number of carbonyl (C=O) groups is 1. The number of piperidine rings is 1. The lowest BCUT2D eigenvalue weighted by atomic mass is 10.0. The highest BCUT2D eigenvalue weighted by atomic mass is 16.2. The maximum absolute atomic E-state index is 12.2. The lowest BCUT2D eigenvalue weighted by Gasteiger charge is -2.32. The van der Waals surface area contributed by atoms with Crippen molar-refractivity contribution in [3.63, 3.8) is 0 Å². The topological polar surface area (TPSA) is 72.3 Å². The van der Waals surface area contributed by atoms with Crippen LogP contribution in [-0.4, -0.2) is 36.0 Å². The van der Waals surface area contributed by atoms with E-state index >= 15 is 0 Å². The highest BCUT2D eigenvalue weighted by Crippen LogP contribution is 2.11. The molecule has 0 spiro atoms. The van der Waals surface area contributed by atoms with E-state index in [0.717, 1.165) is 24.9 Å². The van der Waals surface area contributed by atoms with Crippen LogP contribution in [0.25, 0.3) is 0 Å². The molecule has 0 aromatic heterocycles. The summed E-state index contributed by atoms with van der Waals surface area (Å²) < 4.78 is 0. The molecular weight excluding hydrogens is 226 g/mol. The molecule has 1 aliphatic heterocycles. The third-order valence-corrected chi connectivity index (χ3v) is 3.39. The molecule has 1 heterocycles. The lowest BCUT2D eigenvalue weighted by Crippen LogP contribution is -2.51. The van der Waals surface area contributed by atoms with Gasteiger partial charge in [0.2, 0.25) is 5.91 Å². The number of hydrogen-bond donors (Lipinski definition) is 2. The van der Waals surface area contributed by atoms with Crippen molar-refractivity contribution in [3.8, 4) is 0 Å². The number of benzene rings is 1. The van der Waals surface area contributed by atoms with Crippen LogP contribution in [0.3, 0.4) is 0 Å². The molecule has 1 saturated heterocycles. The van der Waals surface area contributed by atoms with Crippen LogP contribution in [0.5, 0.6) is 0 Å². The summed E-state index contributed by atoms with van der Waals surface area (Å²) >= 11 is 0. The third-order valence-electron chi connectivity index (χ3n) is 3.39. The zero-order valence-electron chi connectivity index (χ0n) is 10.6. The average Bonchev–Trinajstić information content (AvgIpc) is 2.39. The molecule has 1 aliphatic rings. The maximum atomic E-state index is 12.2. The van der Waals surface area contributed by atoms with Crippen LogP contribution in [-0.2, 0) is 11.2 Å². The van der Waals surface area contributed by atoms with E-state index in [1.807, 2.05) is 35.2 Å². The van der Waals surface area contributed by atoms with E-state index in [1.54, 1.807) is 0 Å². The smallest absolute Gasteiger partial charge is 0.239 e. The van der Waals surface area contributed by atoms with Gasteiger partial charge < -0.3 is 16.4 Å². The van der Waals surface area contributed by atoms with Crippen molar-refractivity contribution in [2.75, 3.05) is 13.1 Å². The minimum atomic E-state index is -0.460. The van der Waals surface area contributed by atoms with Crippen molar-refractivity contribution in [1.82, 2.24) is 4.90 Å². The molecule has 2 atom stereocenters. The minimum Gasteiger partial charge on any atom is -0.340 e. The largest absolute Gasteiger partial charge is 0.340 e. The van der Waals surface area contributed by atoms with Gasteiger partial charge in [-0.2, -0.15) is 0 Å². The summed E-state index contributed by atoms with van der Waals surface area (Å²) in [7, 11) is 0. The van der Waals surface area contributed by atoms with Gasteiger partial charge in [0.1, 0.15) is 0 Å². The second-order valence-corrected chi connectivity index (χ2v) is 4.98. The minimum absolute atomic E-state index is 0.0222. The molecule has 4 heteroatoms. The Hall–Kier alpha value is -1.39. The first-order valence-corrected chi connectivity index (χ1v) is 6.50. The van der Waals surface area contributed by atoms with Crippen molar-refractivity contribution in [3.05, 3.63) is 35.9 Å². The standard InChI is InChI=1S/C14H21N3O/c15-12-7-4-8-17(10-12)14(18)13(16)9-11-5-2-1-3-6-11/h1-3,5-6,12-13H,4,7-10,15-16H2/t12?,13-/m0/s1. The second-order valence-electron chi connectivity index (χ2n) is 4.98. The summed E-state index contributed by atoms with van der Waals surface area (Å²) in [5.74, 6) is 0.0222. The van der Waals surface area contributed by atoms with Gasteiger partial charge in [0.05, 0.1) is 6.04 Å². The van der Waals surface area contributed by atoms with Gasteiger partial charge in [0, 0.05) is 19.1 Å². The van der Waals surface area contributed by atoms with E-state index in [2.05, 4.69) is 0 Å². The molecular formula is C14H21N3O. The SMILES string of the molecule is NC1CCCN(C(=O)[C@@H](N)Cc2ccccc2)C1. The number of carbonyl (C=O) groups excluding carboxylic acids is 1. The second kappa shape index (κ2) is 5.98. The fourth-order valence-electron chi connectivity index (χ4n) is 2.40. The van der Waals surface area contributed by atoms with E-state index in [4.69, 9.17) is 11.5 Å². The Morgan fingerprint density at radius 1 is 1.39 bits per heavy atom. The molecule has 1 unspecified atom stereocenters. The van der Waals surface area contributed by atoms with E-state index in [1.165, 1.54) is 0 Å². The molecule has 0 radical (unpaired) electrons. The Kier molecular flexibility index (Phi) is 4.33. The molecule has 98 valence electrons. The summed E-state index contributed by atoms with van der Waals surface area (Å²) in [6.45, 7) is 1.43. The van der Waals surface area contributed by atoms with Gasteiger partial charge in [-0.05, 0) is 24.8 Å². The molecule has 1 aromatic carbocycles. The molecule has 1 aromatic rings. The van der Waals surface area contributed by atoms with Gasteiger partial charge in [-0.1, -0.05) is 30.3 Å². The summed E-state index contributed by atoms with van der Waals surface area (Å²) in [6, 6.07) is 9.52. The predicted octanol–water partition coefficient (Wildman–Crippen LogP) is 0.506. The lowest BCUT2D eigenvalue weighted by molar-refractivity contribution is -0.133. The third kappa shape index (κ3) is 3.31. The fourth-order valence-corrected chi connectivity index (χ4v) is 2.40. The quantitative estimate of drug-likeness (QED) is 0.817. The first kappa shape index (κ1) is 13.1. The Bertz CT molecular complexity index is 393. The highest BCUT2D eigenvalue weighted by Gasteiger charge is 2.25. The van der Waals surface area contributed by atoms with E-state index in [0.29, 0.717) is 13.0 Å². The van der Waals surface area contributed by atoms with Gasteiger partial charge in [0.15, 0.2) is 0 Å². The van der Waals surface area contributed by atoms with E-state index in [-0.39, 0.29) is 11.9 Å². The fraction of sp³-hybridized carbons (Fsp3) is 0.500. The van der Waals surface area contributed by atoms with Crippen molar-refractivity contribution < 1.29 is 4.79 Å². The Balaban J connectivity index is 1.92.